The van der Waals surface area contributed by atoms with E-state index in [1.165, 1.54) is 36.4 Å². The van der Waals surface area contributed by atoms with E-state index < -0.39 is 46.2 Å². The van der Waals surface area contributed by atoms with Gasteiger partial charge in [0.05, 0.1) is 4.90 Å². The molecule has 0 aliphatic heterocycles. The van der Waals surface area contributed by atoms with Gasteiger partial charge in [-0.1, -0.05) is 38.1 Å². The molecule has 0 aliphatic carbocycles. The highest BCUT2D eigenvalue weighted by atomic mass is 32.2. The third-order valence-corrected chi connectivity index (χ3v) is 6.57. The van der Waals surface area contributed by atoms with Crippen molar-refractivity contribution in [1.82, 2.24) is 4.72 Å². The number of hydrogen-bond acceptors (Lipinski definition) is 6. The van der Waals surface area contributed by atoms with Crippen LogP contribution >= 0.6 is 0 Å². The van der Waals surface area contributed by atoms with Gasteiger partial charge in [0.1, 0.15) is 17.5 Å². The predicted molar refractivity (Wildman–Crippen MR) is 131 cm³/mol. The van der Waals surface area contributed by atoms with Gasteiger partial charge in [0.25, 0.3) is 0 Å². The van der Waals surface area contributed by atoms with Gasteiger partial charge in [-0.15, -0.1) is 13.2 Å². The van der Waals surface area contributed by atoms with Gasteiger partial charge in [-0.05, 0) is 65.6 Å². The molecule has 3 rings (SSSR count). The number of nitrogens with one attached hydrogen (secondary N) is 2. The number of carboxylic acids is 1. The van der Waals surface area contributed by atoms with Crippen molar-refractivity contribution in [3.63, 3.8) is 0 Å². The van der Waals surface area contributed by atoms with Crippen molar-refractivity contribution >= 4 is 27.8 Å². The van der Waals surface area contributed by atoms with Crippen molar-refractivity contribution < 1.29 is 45.8 Å². The van der Waals surface area contributed by atoms with Crippen molar-refractivity contribution in [3.05, 3.63) is 72.8 Å². The third-order valence-electron chi connectivity index (χ3n) is 5.11. The van der Waals surface area contributed by atoms with Gasteiger partial charge in [-0.25, -0.2) is 13.2 Å². The van der Waals surface area contributed by atoms with Gasteiger partial charge in [-0.2, -0.15) is 4.72 Å². The predicted octanol–water partition coefficient (Wildman–Crippen LogP) is 5.25. The second-order valence-electron chi connectivity index (χ2n) is 8.32. The van der Waals surface area contributed by atoms with E-state index in [0.29, 0.717) is 11.1 Å². The monoisotopic (exact) mass is 552 g/mol. The molecule has 0 fully saturated rings. The molecular formula is C25H23F3N2O7S. The van der Waals surface area contributed by atoms with Crippen molar-refractivity contribution in [1.29, 1.82) is 0 Å². The fourth-order valence-electron chi connectivity index (χ4n) is 3.24. The molecule has 38 heavy (non-hydrogen) atoms. The van der Waals surface area contributed by atoms with Crippen molar-refractivity contribution in [2.45, 2.75) is 31.1 Å². The molecule has 0 spiro atoms. The van der Waals surface area contributed by atoms with Crippen LogP contribution in [-0.2, 0) is 14.8 Å². The van der Waals surface area contributed by atoms with Crippen LogP contribution in [0, 0.1) is 5.92 Å². The number of rotatable bonds is 9. The summed E-state index contributed by atoms with van der Waals surface area (Å²) in [6.45, 7) is 3.19. The number of halogens is 3. The minimum Gasteiger partial charge on any atom is -0.480 e. The molecule has 0 heterocycles. The number of hydrogen-bond donors (Lipinski definition) is 3. The van der Waals surface area contributed by atoms with Gasteiger partial charge < -0.3 is 14.6 Å². The maximum absolute atomic E-state index is 12.6. The first-order valence-electron chi connectivity index (χ1n) is 11.0. The number of ether oxygens (including phenoxy) is 2. The largest absolute Gasteiger partial charge is 0.573 e. The molecule has 202 valence electrons. The quantitative estimate of drug-likeness (QED) is 0.330. The summed E-state index contributed by atoms with van der Waals surface area (Å²) in [5.74, 6) is -1.98. The smallest absolute Gasteiger partial charge is 0.480 e. The molecule has 0 saturated carbocycles. The SMILES string of the molecule is CC(C)[C@@H](NS(=O)(=O)c1ccc(-c2ccc(OC(=O)Nc3ccc(OC(F)(F)F)cc3)cc2)cc1)C(=O)O. The van der Waals surface area contributed by atoms with Gasteiger partial charge in [0, 0.05) is 5.69 Å². The highest BCUT2D eigenvalue weighted by molar-refractivity contribution is 7.89. The number of carboxylic acid groups (broad SMARTS) is 1. The summed E-state index contributed by atoms with van der Waals surface area (Å²) in [7, 11) is -4.06. The molecule has 0 bridgehead atoms. The van der Waals surface area contributed by atoms with Crippen molar-refractivity contribution in [3.8, 4) is 22.6 Å². The third kappa shape index (κ3) is 7.95. The number of sulfonamides is 1. The molecule has 0 unspecified atom stereocenters. The number of carbonyl (C=O) groups is 2. The zero-order chi connectivity index (χ0) is 28.1. The first-order valence-corrected chi connectivity index (χ1v) is 12.5. The van der Waals surface area contributed by atoms with Crippen LogP contribution in [0.2, 0.25) is 0 Å². The number of alkyl halides is 3. The minimum absolute atomic E-state index is 0.0947. The van der Waals surface area contributed by atoms with Crippen LogP contribution in [0.3, 0.4) is 0 Å². The standard InChI is InChI=1S/C25H23F3N2O7S/c1-15(2)22(23(31)32)30-38(34,35)21-13-5-17(6-14-21)16-3-9-19(10-4-16)36-24(33)29-18-7-11-20(12-8-18)37-25(26,27)28/h3-15,22,30H,1-2H3,(H,29,33)(H,31,32)/t22-/m1/s1. The molecule has 1 atom stereocenters. The molecule has 3 N–H and O–H groups in total. The normalized spacial score (nSPS) is 12.6. The molecule has 13 heteroatoms. The number of aliphatic carboxylic acids is 1. The minimum atomic E-state index is -4.82. The number of anilines is 1. The van der Waals surface area contributed by atoms with E-state index in [1.807, 2.05) is 0 Å². The lowest BCUT2D eigenvalue weighted by atomic mass is 10.1. The molecule has 9 nitrogen and oxygen atoms in total. The van der Waals surface area contributed by atoms with Crippen LogP contribution in [0.4, 0.5) is 23.7 Å². The Hall–Kier alpha value is -4.10. The Morgan fingerprint density at radius 2 is 1.34 bits per heavy atom. The van der Waals surface area contributed by atoms with Crippen molar-refractivity contribution in [2.75, 3.05) is 5.32 Å². The fourth-order valence-corrected chi connectivity index (χ4v) is 4.58. The lowest BCUT2D eigenvalue weighted by Gasteiger charge is -2.18. The number of carbonyl (C=O) groups excluding carboxylic acids is 1. The van der Waals surface area contributed by atoms with E-state index in [0.717, 1.165) is 12.1 Å². The van der Waals surface area contributed by atoms with Crippen LogP contribution < -0.4 is 19.5 Å². The van der Waals surface area contributed by atoms with Gasteiger partial charge in [0.2, 0.25) is 10.0 Å². The second kappa shape index (κ2) is 11.5. The first kappa shape index (κ1) is 28.5. The van der Waals surface area contributed by atoms with E-state index in [1.54, 1.807) is 38.1 Å². The first-order chi connectivity index (χ1) is 17.7. The Bertz CT molecular complexity index is 1370. The molecule has 0 saturated heterocycles. The zero-order valence-corrected chi connectivity index (χ0v) is 20.8. The van der Waals surface area contributed by atoms with Gasteiger partial charge in [-0.3, -0.25) is 10.1 Å². The van der Waals surface area contributed by atoms with Crippen LogP contribution in [0.15, 0.2) is 77.7 Å². The average molecular weight is 553 g/mol. The molecule has 0 aliphatic rings. The van der Waals surface area contributed by atoms with E-state index in [4.69, 9.17) is 4.74 Å². The Kier molecular flexibility index (Phi) is 8.63. The maximum atomic E-state index is 12.6. The summed E-state index contributed by atoms with van der Waals surface area (Å²) in [6, 6.07) is 15.3. The summed E-state index contributed by atoms with van der Waals surface area (Å²) in [4.78, 5) is 23.3. The van der Waals surface area contributed by atoms with Gasteiger partial charge in [0.15, 0.2) is 0 Å². The van der Waals surface area contributed by atoms with E-state index >= 15 is 0 Å². The van der Waals surface area contributed by atoms with E-state index in [9.17, 15) is 36.3 Å². The molecule has 1 amide bonds. The Morgan fingerprint density at radius 1 is 0.842 bits per heavy atom. The topological polar surface area (TPSA) is 131 Å². The molecule has 0 radical (unpaired) electrons. The molecule has 3 aromatic rings. The van der Waals surface area contributed by atoms with Crippen molar-refractivity contribution in [2.24, 2.45) is 5.92 Å². The zero-order valence-electron chi connectivity index (χ0n) is 20.0. The van der Waals surface area contributed by atoms with E-state index in [2.05, 4.69) is 14.8 Å². The Morgan fingerprint density at radius 3 is 1.82 bits per heavy atom. The second-order valence-corrected chi connectivity index (χ2v) is 10.0. The molecular weight excluding hydrogens is 529 g/mol. The van der Waals surface area contributed by atoms with Crippen LogP contribution in [-0.4, -0.2) is 38.0 Å². The molecule has 3 aromatic carbocycles. The molecule has 0 aromatic heterocycles. The summed E-state index contributed by atoms with van der Waals surface area (Å²) in [6.07, 6.45) is -5.69. The Balaban J connectivity index is 1.61. The van der Waals surface area contributed by atoms with Gasteiger partial charge >= 0.3 is 18.4 Å². The summed E-state index contributed by atoms with van der Waals surface area (Å²) < 4.78 is 72.9. The van der Waals surface area contributed by atoms with Crippen LogP contribution in [0.1, 0.15) is 13.8 Å². The maximum Gasteiger partial charge on any atom is 0.573 e. The van der Waals surface area contributed by atoms with E-state index in [-0.39, 0.29) is 16.3 Å². The fraction of sp³-hybridized carbons (Fsp3) is 0.200. The van der Waals surface area contributed by atoms with Crippen LogP contribution in [0.25, 0.3) is 11.1 Å². The lowest BCUT2D eigenvalue weighted by molar-refractivity contribution is -0.274. The highest BCUT2D eigenvalue weighted by Gasteiger charge is 2.31. The highest BCUT2D eigenvalue weighted by Crippen LogP contribution is 2.26. The summed E-state index contributed by atoms with van der Waals surface area (Å²) >= 11 is 0. The average Bonchev–Trinajstić information content (AvgIpc) is 2.83. The lowest BCUT2D eigenvalue weighted by Crippen LogP contribution is -2.44. The van der Waals surface area contributed by atoms with Crippen LogP contribution in [0.5, 0.6) is 11.5 Å². The number of benzene rings is 3. The summed E-state index contributed by atoms with van der Waals surface area (Å²) in [5.41, 5.74) is 1.52. The summed E-state index contributed by atoms with van der Waals surface area (Å²) in [5, 5.41) is 11.6. The Labute approximate surface area is 216 Å². The number of amides is 1.